The van der Waals surface area contributed by atoms with Gasteiger partial charge in [-0.15, -0.1) is 11.6 Å². The van der Waals surface area contributed by atoms with Crippen molar-refractivity contribution in [1.82, 2.24) is 0 Å². The summed E-state index contributed by atoms with van der Waals surface area (Å²) in [6.45, 7) is 1.79. The zero-order valence-electron chi connectivity index (χ0n) is 8.72. The summed E-state index contributed by atoms with van der Waals surface area (Å²) in [5.74, 6) is 0.451. The summed E-state index contributed by atoms with van der Waals surface area (Å²) in [6, 6.07) is 4.33. The summed E-state index contributed by atoms with van der Waals surface area (Å²) in [5.41, 5.74) is 0.730. The van der Waals surface area contributed by atoms with Crippen LogP contribution in [0.3, 0.4) is 0 Å². The van der Waals surface area contributed by atoms with Crippen LogP contribution in [0.4, 0.5) is 5.69 Å². The Bertz CT molecular complexity index is 383. The molecular weight excluding hydrogens is 234 g/mol. The van der Waals surface area contributed by atoms with Crippen molar-refractivity contribution in [2.75, 3.05) is 12.5 Å². The number of ether oxygens (including phenoxy) is 1. The lowest BCUT2D eigenvalue weighted by molar-refractivity contribution is -0.385. The second-order valence-electron chi connectivity index (χ2n) is 3.33. The van der Waals surface area contributed by atoms with E-state index in [1.807, 2.05) is 0 Å². The highest BCUT2D eigenvalue weighted by molar-refractivity contribution is 6.18. The van der Waals surface area contributed by atoms with E-state index in [9.17, 15) is 15.2 Å². The highest BCUT2D eigenvalue weighted by atomic mass is 35.5. The molecular formula is C10H12ClNO4. The van der Waals surface area contributed by atoms with Gasteiger partial charge in [0.15, 0.2) is 0 Å². The summed E-state index contributed by atoms with van der Waals surface area (Å²) in [6.07, 6.45) is -0.777. The predicted octanol–water partition coefficient (Wildman–Crippen LogP) is 1.88. The van der Waals surface area contributed by atoms with Gasteiger partial charge in [0.2, 0.25) is 0 Å². The number of alkyl halides is 1. The molecule has 0 radical (unpaired) electrons. The van der Waals surface area contributed by atoms with Gasteiger partial charge in [0.05, 0.1) is 16.9 Å². The molecule has 1 rings (SSSR count). The normalized spacial score (nSPS) is 12.2. The van der Waals surface area contributed by atoms with Crippen LogP contribution in [0.25, 0.3) is 0 Å². The minimum absolute atomic E-state index is 0.0194. The van der Waals surface area contributed by atoms with E-state index in [1.54, 1.807) is 13.0 Å². The zero-order valence-corrected chi connectivity index (χ0v) is 9.48. The number of aliphatic hydroxyl groups is 1. The first-order chi connectivity index (χ1) is 7.54. The van der Waals surface area contributed by atoms with Gasteiger partial charge in [-0.05, 0) is 18.6 Å². The lowest BCUT2D eigenvalue weighted by Gasteiger charge is -2.11. The van der Waals surface area contributed by atoms with Gasteiger partial charge in [0, 0.05) is 6.07 Å². The van der Waals surface area contributed by atoms with Gasteiger partial charge in [-0.2, -0.15) is 0 Å². The molecule has 1 aromatic carbocycles. The number of aliphatic hydroxyl groups excluding tert-OH is 1. The molecule has 0 bridgehead atoms. The number of benzene rings is 1. The third kappa shape index (κ3) is 3.36. The topological polar surface area (TPSA) is 72.6 Å². The van der Waals surface area contributed by atoms with Crippen molar-refractivity contribution in [2.24, 2.45) is 0 Å². The van der Waals surface area contributed by atoms with E-state index < -0.39 is 11.0 Å². The largest absolute Gasteiger partial charge is 0.490 e. The second-order valence-corrected chi connectivity index (χ2v) is 3.63. The number of rotatable bonds is 5. The number of aryl methyl sites for hydroxylation is 1. The van der Waals surface area contributed by atoms with E-state index in [1.165, 1.54) is 12.1 Å². The maximum absolute atomic E-state index is 10.5. The van der Waals surface area contributed by atoms with Crippen LogP contribution < -0.4 is 4.74 Å². The molecule has 0 saturated heterocycles. The van der Waals surface area contributed by atoms with Crippen molar-refractivity contribution < 1.29 is 14.8 Å². The van der Waals surface area contributed by atoms with Gasteiger partial charge in [-0.25, -0.2) is 0 Å². The lowest BCUT2D eigenvalue weighted by atomic mass is 10.2. The number of nitro benzene ring substituents is 1. The Kier molecular flexibility index (Phi) is 4.52. The van der Waals surface area contributed by atoms with Crippen molar-refractivity contribution in [3.05, 3.63) is 33.9 Å². The van der Waals surface area contributed by atoms with Crippen LogP contribution in [0.2, 0.25) is 0 Å². The molecule has 0 aromatic heterocycles. The first-order valence-electron chi connectivity index (χ1n) is 4.66. The maximum Gasteiger partial charge on any atom is 0.273 e. The molecule has 0 heterocycles. The molecule has 88 valence electrons. The average molecular weight is 246 g/mol. The maximum atomic E-state index is 10.5. The molecule has 0 aliphatic heterocycles. The van der Waals surface area contributed by atoms with Crippen LogP contribution >= 0.6 is 11.6 Å². The summed E-state index contributed by atoms with van der Waals surface area (Å²) in [5, 5.41) is 19.7. The number of hydrogen-bond acceptors (Lipinski definition) is 4. The Morgan fingerprint density at radius 3 is 2.88 bits per heavy atom. The molecule has 16 heavy (non-hydrogen) atoms. The standard InChI is InChI=1S/C10H12ClNO4/c1-7-2-3-8(12(14)15)4-10(7)16-6-9(13)5-11/h2-4,9,13H,5-6H2,1H3. The average Bonchev–Trinajstić information content (AvgIpc) is 2.27. The molecule has 1 unspecified atom stereocenters. The summed E-state index contributed by atoms with van der Waals surface area (Å²) in [7, 11) is 0. The van der Waals surface area contributed by atoms with E-state index >= 15 is 0 Å². The number of nitrogens with zero attached hydrogens (tertiary/aromatic N) is 1. The van der Waals surface area contributed by atoms with Crippen molar-refractivity contribution in [1.29, 1.82) is 0 Å². The van der Waals surface area contributed by atoms with E-state index in [0.29, 0.717) is 5.75 Å². The fraction of sp³-hybridized carbons (Fsp3) is 0.400. The Morgan fingerprint density at radius 1 is 1.62 bits per heavy atom. The molecule has 1 aromatic rings. The van der Waals surface area contributed by atoms with Crippen LogP contribution in [0.15, 0.2) is 18.2 Å². The third-order valence-electron chi connectivity index (χ3n) is 1.99. The highest BCUT2D eigenvalue weighted by Crippen LogP contribution is 2.24. The summed E-state index contributed by atoms with van der Waals surface area (Å²) in [4.78, 5) is 10.0. The van der Waals surface area contributed by atoms with Gasteiger partial charge < -0.3 is 9.84 Å². The van der Waals surface area contributed by atoms with E-state index in [0.717, 1.165) is 5.56 Å². The molecule has 0 amide bonds. The smallest absolute Gasteiger partial charge is 0.273 e. The number of nitro groups is 1. The highest BCUT2D eigenvalue weighted by Gasteiger charge is 2.11. The minimum Gasteiger partial charge on any atom is -0.490 e. The quantitative estimate of drug-likeness (QED) is 0.488. The predicted molar refractivity (Wildman–Crippen MR) is 60.1 cm³/mol. The Balaban J connectivity index is 2.78. The first kappa shape index (κ1) is 12.7. The Labute approximate surface area is 97.8 Å². The summed E-state index contributed by atoms with van der Waals surface area (Å²) < 4.78 is 5.24. The van der Waals surface area contributed by atoms with Gasteiger partial charge in [0.1, 0.15) is 18.5 Å². The fourth-order valence-electron chi connectivity index (χ4n) is 1.09. The van der Waals surface area contributed by atoms with Crippen LogP contribution in [-0.2, 0) is 0 Å². The van der Waals surface area contributed by atoms with Crippen molar-refractivity contribution in [3.8, 4) is 5.75 Å². The SMILES string of the molecule is Cc1ccc([N+](=O)[O-])cc1OCC(O)CCl. The van der Waals surface area contributed by atoms with Crippen molar-refractivity contribution >= 4 is 17.3 Å². The summed E-state index contributed by atoms with van der Waals surface area (Å²) >= 11 is 5.40. The molecule has 0 spiro atoms. The molecule has 0 aliphatic carbocycles. The van der Waals surface area contributed by atoms with E-state index in [-0.39, 0.29) is 18.2 Å². The van der Waals surface area contributed by atoms with Gasteiger partial charge in [-0.1, -0.05) is 0 Å². The van der Waals surface area contributed by atoms with Crippen molar-refractivity contribution in [3.63, 3.8) is 0 Å². The van der Waals surface area contributed by atoms with Gasteiger partial charge in [-0.3, -0.25) is 10.1 Å². The second kappa shape index (κ2) is 5.67. The van der Waals surface area contributed by atoms with Crippen LogP contribution in [0.1, 0.15) is 5.56 Å². The Hall–Kier alpha value is -1.33. The number of halogens is 1. The van der Waals surface area contributed by atoms with Crippen LogP contribution in [0.5, 0.6) is 5.75 Å². The molecule has 0 fully saturated rings. The first-order valence-corrected chi connectivity index (χ1v) is 5.20. The monoisotopic (exact) mass is 245 g/mol. The van der Waals surface area contributed by atoms with Crippen molar-refractivity contribution in [2.45, 2.75) is 13.0 Å². The number of hydrogen-bond donors (Lipinski definition) is 1. The van der Waals surface area contributed by atoms with E-state index in [2.05, 4.69) is 0 Å². The molecule has 0 aliphatic rings. The van der Waals surface area contributed by atoms with Crippen LogP contribution in [-0.4, -0.2) is 28.6 Å². The lowest BCUT2D eigenvalue weighted by Crippen LogP contribution is -2.19. The van der Waals surface area contributed by atoms with Crippen LogP contribution in [0, 0.1) is 17.0 Å². The Morgan fingerprint density at radius 2 is 2.31 bits per heavy atom. The molecule has 1 N–H and O–H groups in total. The van der Waals surface area contributed by atoms with E-state index in [4.69, 9.17) is 16.3 Å². The van der Waals surface area contributed by atoms with Gasteiger partial charge in [0.25, 0.3) is 5.69 Å². The third-order valence-corrected chi connectivity index (χ3v) is 2.35. The molecule has 1 atom stereocenters. The zero-order chi connectivity index (χ0) is 12.1. The minimum atomic E-state index is -0.777. The molecule has 6 heteroatoms. The fourth-order valence-corrected chi connectivity index (χ4v) is 1.18. The molecule has 5 nitrogen and oxygen atoms in total. The number of non-ortho nitro benzene ring substituents is 1. The molecule has 0 saturated carbocycles. The van der Waals surface area contributed by atoms with Gasteiger partial charge >= 0.3 is 0 Å².